The standard InChI is InChI=1S/C44H49N5O9S/c50-40-35-23-30(56-37-24-34(27-13-5-4-6-14-27)45-38-32-18-11-12-20-36(32)58-39(37)38)26-49(35)41(51)33(46-43(53)57-29-16-9-10-17-29)19-8-3-1-2-7-15-28-25-44(28,47-40)42(52)48-59(54,55)31-21-22-31/h4-7,11-15,18,20,24,28-31,33,35H,1-3,8-10,16-17,19,21-23,25-26H2,(H,46,53)(H,47,50)(H,48,52)/t28-,30-,33+,35+,44-/m1/s1. The number of rotatable bonds is 8. The number of ether oxygens (including phenoxy) is 2. The second-order valence-electron chi connectivity index (χ2n) is 16.7. The summed E-state index contributed by atoms with van der Waals surface area (Å²) in [5, 5.41) is 5.93. The highest BCUT2D eigenvalue weighted by Crippen LogP contribution is 2.46. The summed E-state index contributed by atoms with van der Waals surface area (Å²) in [7, 11) is -3.90. The third-order valence-electron chi connectivity index (χ3n) is 12.4. The number of allylic oxidation sites excluding steroid dienone is 1. The van der Waals surface area contributed by atoms with Crippen LogP contribution in [0.5, 0.6) is 5.75 Å². The maximum atomic E-state index is 14.7. The van der Waals surface area contributed by atoms with Crippen molar-refractivity contribution >= 4 is 55.9 Å². The molecule has 0 spiro atoms. The van der Waals surface area contributed by atoms with Gasteiger partial charge in [-0.25, -0.2) is 18.2 Å². The highest BCUT2D eigenvalue weighted by molar-refractivity contribution is 7.91. The van der Waals surface area contributed by atoms with Crippen molar-refractivity contribution in [3.8, 4) is 17.0 Å². The number of amides is 4. The van der Waals surface area contributed by atoms with Crippen LogP contribution in [0.15, 0.2) is 77.2 Å². The van der Waals surface area contributed by atoms with Gasteiger partial charge in [0.05, 0.1) is 17.5 Å². The average molecular weight is 824 g/mol. The van der Waals surface area contributed by atoms with Gasteiger partial charge in [-0.05, 0) is 76.3 Å². The number of pyridine rings is 1. The Bertz CT molecular complexity index is 2410. The van der Waals surface area contributed by atoms with Crippen molar-refractivity contribution in [2.75, 3.05) is 6.54 Å². The van der Waals surface area contributed by atoms with Crippen LogP contribution in [0.1, 0.15) is 83.5 Å². The molecule has 0 radical (unpaired) electrons. The van der Waals surface area contributed by atoms with Crippen LogP contribution >= 0.6 is 0 Å². The molecule has 14 nitrogen and oxygen atoms in total. The molecular formula is C44H49N5O9S. The average Bonchev–Trinajstić information content (AvgIpc) is 4.04. The molecule has 4 aromatic rings. The first-order valence-corrected chi connectivity index (χ1v) is 22.5. The van der Waals surface area contributed by atoms with Crippen LogP contribution in [-0.4, -0.2) is 83.7 Å². The summed E-state index contributed by atoms with van der Waals surface area (Å²) >= 11 is 0. The van der Waals surface area contributed by atoms with Gasteiger partial charge in [0.15, 0.2) is 11.3 Å². The van der Waals surface area contributed by atoms with Crippen LogP contribution in [0.25, 0.3) is 33.3 Å². The summed E-state index contributed by atoms with van der Waals surface area (Å²) in [4.78, 5) is 62.8. The molecule has 5 atom stereocenters. The number of hydrogen-bond donors (Lipinski definition) is 3. The molecule has 4 fully saturated rings. The smallest absolute Gasteiger partial charge is 0.408 e. The lowest BCUT2D eigenvalue weighted by molar-refractivity contribution is -0.141. The number of aromatic nitrogens is 1. The molecule has 2 aliphatic heterocycles. The third-order valence-corrected chi connectivity index (χ3v) is 14.2. The largest absolute Gasteiger partial charge is 0.484 e. The second kappa shape index (κ2) is 16.0. The van der Waals surface area contributed by atoms with Crippen molar-refractivity contribution in [3.63, 3.8) is 0 Å². The molecule has 4 amide bonds. The van der Waals surface area contributed by atoms with E-state index in [2.05, 4.69) is 15.4 Å². The molecule has 1 saturated heterocycles. The molecule has 15 heteroatoms. The molecule has 2 aromatic heterocycles. The maximum absolute atomic E-state index is 14.7. The monoisotopic (exact) mass is 823 g/mol. The quantitative estimate of drug-likeness (QED) is 0.177. The van der Waals surface area contributed by atoms with Crippen molar-refractivity contribution < 1.29 is 41.5 Å². The van der Waals surface area contributed by atoms with Crippen LogP contribution in [0.4, 0.5) is 4.79 Å². The number of furan rings is 1. The zero-order valence-corrected chi connectivity index (χ0v) is 33.6. The van der Waals surface area contributed by atoms with Gasteiger partial charge >= 0.3 is 6.09 Å². The number of fused-ring (bicyclic) bond motifs is 5. The fourth-order valence-corrected chi connectivity index (χ4v) is 10.2. The van der Waals surface area contributed by atoms with E-state index in [0.717, 1.165) is 49.5 Å². The summed E-state index contributed by atoms with van der Waals surface area (Å²) in [5.41, 5.74) is 1.64. The normalized spacial score (nSPS) is 26.7. The fourth-order valence-electron chi connectivity index (χ4n) is 8.86. The van der Waals surface area contributed by atoms with E-state index in [9.17, 15) is 27.6 Å². The molecule has 3 saturated carbocycles. The Morgan fingerprint density at radius 1 is 0.915 bits per heavy atom. The maximum Gasteiger partial charge on any atom is 0.408 e. The third kappa shape index (κ3) is 8.13. The van der Waals surface area contributed by atoms with E-state index in [1.165, 1.54) is 4.90 Å². The molecule has 59 heavy (non-hydrogen) atoms. The van der Waals surface area contributed by atoms with Gasteiger partial charge in [0, 0.05) is 29.4 Å². The van der Waals surface area contributed by atoms with E-state index in [1.807, 2.05) is 66.7 Å². The van der Waals surface area contributed by atoms with Crippen LogP contribution in [0.3, 0.4) is 0 Å². The Balaban J connectivity index is 1.05. The SMILES string of the molecule is O=C(N[C@H]1CCCCCC=C[C@@H]2C[C@@]2(C(=O)NS(=O)(=O)C2CC2)NC(=O)[C@@H]2C[C@@H](Oc3cc(-c4ccccc4)nc4c3oc3ccccc34)CN2C1=O)OC1CCCC1. The number of carbonyl (C=O) groups excluding carboxylic acids is 4. The van der Waals surface area contributed by atoms with Crippen LogP contribution < -0.4 is 20.1 Å². The molecule has 0 unspecified atom stereocenters. The topological polar surface area (TPSA) is 186 Å². The van der Waals surface area contributed by atoms with Gasteiger partial charge < -0.3 is 29.4 Å². The van der Waals surface area contributed by atoms with Gasteiger partial charge in [0.2, 0.25) is 21.8 Å². The number of nitrogens with zero attached hydrogens (tertiary/aromatic N) is 2. The number of para-hydroxylation sites is 1. The zero-order chi connectivity index (χ0) is 40.7. The predicted octanol–water partition coefficient (Wildman–Crippen LogP) is 6.04. The van der Waals surface area contributed by atoms with E-state index in [4.69, 9.17) is 18.9 Å². The number of benzene rings is 2. The Hall–Kier alpha value is -5.44. The van der Waals surface area contributed by atoms with Crippen LogP contribution in [-0.2, 0) is 29.1 Å². The minimum absolute atomic E-state index is 0.0178. The van der Waals surface area contributed by atoms with Gasteiger partial charge in [-0.2, -0.15) is 0 Å². The Kier molecular flexibility index (Phi) is 10.6. The number of nitrogens with one attached hydrogen (secondary N) is 3. The lowest BCUT2D eigenvalue weighted by atomic mass is 10.0. The molecule has 4 heterocycles. The molecule has 0 bridgehead atoms. The summed E-state index contributed by atoms with van der Waals surface area (Å²) in [6.45, 7) is -0.0178. The zero-order valence-electron chi connectivity index (χ0n) is 32.8. The van der Waals surface area contributed by atoms with Crippen molar-refractivity contribution in [1.29, 1.82) is 0 Å². The summed E-state index contributed by atoms with van der Waals surface area (Å²) < 4.78 is 46.9. The lowest BCUT2D eigenvalue weighted by Gasteiger charge is -2.30. The van der Waals surface area contributed by atoms with Crippen molar-refractivity contribution in [3.05, 3.63) is 72.8 Å². The number of sulfonamides is 1. The highest BCUT2D eigenvalue weighted by Gasteiger charge is 2.62. The van der Waals surface area contributed by atoms with Crippen LogP contribution in [0.2, 0.25) is 0 Å². The van der Waals surface area contributed by atoms with Crippen molar-refractivity contribution in [2.45, 2.75) is 119 Å². The van der Waals surface area contributed by atoms with Gasteiger partial charge in [0.25, 0.3) is 5.91 Å². The highest BCUT2D eigenvalue weighted by atomic mass is 32.2. The molecule has 5 aliphatic rings. The molecule has 2 aromatic carbocycles. The summed E-state index contributed by atoms with van der Waals surface area (Å²) in [6.07, 6.45) is 10.1. The van der Waals surface area contributed by atoms with E-state index < -0.39 is 68.7 Å². The van der Waals surface area contributed by atoms with Crippen molar-refractivity contribution in [1.82, 2.24) is 25.2 Å². The van der Waals surface area contributed by atoms with E-state index >= 15 is 0 Å². The number of hydrogen-bond acceptors (Lipinski definition) is 10. The van der Waals surface area contributed by atoms with E-state index in [-0.39, 0.29) is 25.5 Å². The van der Waals surface area contributed by atoms with E-state index in [0.29, 0.717) is 60.2 Å². The van der Waals surface area contributed by atoms with Crippen molar-refractivity contribution in [2.24, 2.45) is 5.92 Å². The predicted molar refractivity (Wildman–Crippen MR) is 218 cm³/mol. The Morgan fingerprint density at radius 2 is 1.68 bits per heavy atom. The first-order chi connectivity index (χ1) is 28.6. The Morgan fingerprint density at radius 3 is 2.47 bits per heavy atom. The van der Waals surface area contributed by atoms with Gasteiger partial charge in [-0.15, -0.1) is 0 Å². The van der Waals surface area contributed by atoms with Gasteiger partial charge in [-0.3, -0.25) is 19.1 Å². The van der Waals surface area contributed by atoms with Gasteiger partial charge in [-0.1, -0.05) is 67.5 Å². The molecular weight excluding hydrogens is 775 g/mol. The number of alkyl carbamates (subject to hydrolysis) is 1. The lowest BCUT2D eigenvalue weighted by Crippen LogP contribution is -2.58. The molecule has 9 rings (SSSR count). The Labute approximate surface area is 342 Å². The minimum Gasteiger partial charge on any atom is -0.484 e. The van der Waals surface area contributed by atoms with Crippen LogP contribution in [0, 0.1) is 5.92 Å². The molecule has 3 aliphatic carbocycles. The van der Waals surface area contributed by atoms with E-state index in [1.54, 1.807) is 6.07 Å². The minimum atomic E-state index is -3.90. The first kappa shape index (κ1) is 39.0. The number of carbonyl (C=O) groups is 4. The molecule has 3 N–H and O–H groups in total. The first-order valence-electron chi connectivity index (χ1n) is 20.9. The molecule has 310 valence electrons. The summed E-state index contributed by atoms with van der Waals surface area (Å²) in [5.74, 6) is -1.92. The van der Waals surface area contributed by atoms with Gasteiger partial charge in [0.1, 0.15) is 40.9 Å². The fraction of sp³-hybridized carbons (Fsp3) is 0.477. The second-order valence-corrected chi connectivity index (χ2v) is 18.6. The summed E-state index contributed by atoms with van der Waals surface area (Å²) in [6, 6.07) is 16.9.